The third-order valence-electron chi connectivity index (χ3n) is 2.83. The van der Waals surface area contributed by atoms with E-state index in [0.29, 0.717) is 5.71 Å². The predicted octanol–water partition coefficient (Wildman–Crippen LogP) is 2.13. The lowest BCUT2D eigenvalue weighted by molar-refractivity contribution is 0.570. The molecule has 0 unspecified atom stereocenters. The van der Waals surface area contributed by atoms with Gasteiger partial charge in [-0.15, -0.1) is 0 Å². The average Bonchev–Trinajstić information content (AvgIpc) is 2.78. The Hall–Kier alpha value is -2.17. The summed E-state index contributed by atoms with van der Waals surface area (Å²) in [5.74, 6) is 0. The molecule has 0 saturated carbocycles. The van der Waals surface area contributed by atoms with E-state index in [0.717, 1.165) is 17.0 Å². The molecule has 0 aliphatic rings. The Kier molecular flexibility index (Phi) is 3.38. The second-order valence-electron chi connectivity index (χ2n) is 5.40. The van der Waals surface area contributed by atoms with Gasteiger partial charge < -0.3 is 5.32 Å². The summed E-state index contributed by atoms with van der Waals surface area (Å²) in [5, 5.41) is 10.9. The topological polar surface area (TPSA) is 66.1 Å². The zero-order valence-corrected chi connectivity index (χ0v) is 11.7. The van der Waals surface area contributed by atoms with Gasteiger partial charge in [-0.1, -0.05) is 20.8 Å². The molecule has 0 aliphatic carbocycles. The van der Waals surface area contributed by atoms with Crippen molar-refractivity contribution in [2.75, 3.05) is 7.05 Å². The van der Waals surface area contributed by atoms with E-state index in [-0.39, 0.29) is 5.41 Å². The number of hydrogen-bond acceptors (Lipinski definition) is 4. The molecule has 2 aromatic heterocycles. The molecule has 2 heterocycles. The Bertz CT molecular complexity index is 631. The van der Waals surface area contributed by atoms with Crippen molar-refractivity contribution in [1.29, 1.82) is 5.41 Å². The SMILES string of the molecule is CN/C=C\C(=N)c1cnc2c(C(C)(C)C)nccn12. The minimum absolute atomic E-state index is 0.0753. The highest BCUT2D eigenvalue weighted by atomic mass is 15.0. The van der Waals surface area contributed by atoms with Crippen LogP contribution in [-0.2, 0) is 5.41 Å². The Morgan fingerprint density at radius 1 is 1.37 bits per heavy atom. The number of imidazole rings is 1. The molecule has 2 aromatic rings. The molecule has 0 amide bonds. The number of rotatable bonds is 3. The third kappa shape index (κ3) is 2.50. The maximum atomic E-state index is 8.05. The quantitative estimate of drug-likeness (QED) is 0.828. The van der Waals surface area contributed by atoms with Gasteiger partial charge in [-0.3, -0.25) is 14.8 Å². The number of aromatic nitrogens is 3. The highest BCUT2D eigenvalue weighted by molar-refractivity contribution is 6.05. The summed E-state index contributed by atoms with van der Waals surface area (Å²) in [7, 11) is 1.81. The Balaban J connectivity index is 2.56. The fourth-order valence-electron chi connectivity index (χ4n) is 1.90. The van der Waals surface area contributed by atoms with Crippen LogP contribution in [0.4, 0.5) is 0 Å². The highest BCUT2D eigenvalue weighted by Crippen LogP contribution is 2.24. The van der Waals surface area contributed by atoms with Crippen molar-refractivity contribution < 1.29 is 0 Å². The van der Waals surface area contributed by atoms with Crippen LogP contribution < -0.4 is 5.32 Å². The van der Waals surface area contributed by atoms with Gasteiger partial charge in [0.05, 0.1) is 23.3 Å². The second kappa shape index (κ2) is 4.84. The van der Waals surface area contributed by atoms with Gasteiger partial charge >= 0.3 is 0 Å². The van der Waals surface area contributed by atoms with E-state index < -0.39 is 0 Å². The molecule has 0 atom stereocenters. The average molecular weight is 257 g/mol. The standard InChI is InChI=1S/C14H19N5/c1-14(2,3)12-13-18-9-11(10(15)5-6-16-4)19(13)8-7-17-12/h5-9,15-16H,1-4H3/b6-5-,15-10?. The number of nitrogens with zero attached hydrogens (tertiary/aromatic N) is 3. The summed E-state index contributed by atoms with van der Waals surface area (Å²) in [5.41, 5.74) is 2.84. The second-order valence-corrected chi connectivity index (χ2v) is 5.40. The molecule has 5 nitrogen and oxygen atoms in total. The van der Waals surface area contributed by atoms with Gasteiger partial charge in [0.25, 0.3) is 0 Å². The first-order chi connectivity index (χ1) is 8.95. The molecule has 19 heavy (non-hydrogen) atoms. The Labute approximate surface area is 112 Å². The Morgan fingerprint density at radius 3 is 2.74 bits per heavy atom. The third-order valence-corrected chi connectivity index (χ3v) is 2.83. The van der Waals surface area contributed by atoms with Crippen molar-refractivity contribution in [3.63, 3.8) is 0 Å². The van der Waals surface area contributed by atoms with E-state index in [4.69, 9.17) is 5.41 Å². The maximum Gasteiger partial charge on any atom is 0.159 e. The van der Waals surface area contributed by atoms with Gasteiger partial charge in [0.2, 0.25) is 0 Å². The minimum Gasteiger partial charge on any atom is -0.394 e. The van der Waals surface area contributed by atoms with Gasteiger partial charge in [0.15, 0.2) is 5.65 Å². The molecule has 0 saturated heterocycles. The molecule has 0 spiro atoms. The summed E-state index contributed by atoms with van der Waals surface area (Å²) in [4.78, 5) is 8.85. The molecular formula is C14H19N5. The number of allylic oxidation sites excluding steroid dienone is 1. The van der Waals surface area contributed by atoms with E-state index in [2.05, 4.69) is 36.1 Å². The van der Waals surface area contributed by atoms with Crippen LogP contribution in [0.1, 0.15) is 32.2 Å². The largest absolute Gasteiger partial charge is 0.394 e. The van der Waals surface area contributed by atoms with E-state index in [9.17, 15) is 0 Å². The monoisotopic (exact) mass is 257 g/mol. The first-order valence-electron chi connectivity index (χ1n) is 6.20. The minimum atomic E-state index is -0.0753. The number of nitrogens with one attached hydrogen (secondary N) is 2. The molecule has 0 fully saturated rings. The van der Waals surface area contributed by atoms with Crippen LogP contribution in [0, 0.1) is 5.41 Å². The normalized spacial score (nSPS) is 12.2. The summed E-state index contributed by atoms with van der Waals surface area (Å²) < 4.78 is 1.91. The van der Waals surface area contributed by atoms with Crippen LogP contribution >= 0.6 is 0 Å². The summed E-state index contributed by atoms with van der Waals surface area (Å²) >= 11 is 0. The van der Waals surface area contributed by atoms with Crippen LogP contribution in [0.25, 0.3) is 5.65 Å². The zero-order valence-electron chi connectivity index (χ0n) is 11.7. The van der Waals surface area contributed by atoms with Crippen molar-refractivity contribution in [1.82, 2.24) is 19.7 Å². The lowest BCUT2D eigenvalue weighted by atomic mass is 9.92. The van der Waals surface area contributed by atoms with Crippen LogP contribution in [-0.4, -0.2) is 27.1 Å². The first-order valence-corrected chi connectivity index (χ1v) is 6.20. The first kappa shape index (κ1) is 13.3. The lowest BCUT2D eigenvalue weighted by Gasteiger charge is -2.18. The van der Waals surface area contributed by atoms with E-state index in [1.165, 1.54) is 0 Å². The van der Waals surface area contributed by atoms with E-state index >= 15 is 0 Å². The number of hydrogen-bond donors (Lipinski definition) is 2. The van der Waals surface area contributed by atoms with Gasteiger partial charge in [-0.25, -0.2) is 4.98 Å². The molecule has 0 radical (unpaired) electrons. The summed E-state index contributed by atoms with van der Waals surface area (Å²) in [6, 6.07) is 0. The molecule has 0 bridgehead atoms. The molecule has 0 aromatic carbocycles. The van der Waals surface area contributed by atoms with Crippen molar-refractivity contribution in [2.45, 2.75) is 26.2 Å². The smallest absolute Gasteiger partial charge is 0.159 e. The van der Waals surface area contributed by atoms with E-state index in [1.807, 2.05) is 10.6 Å². The van der Waals surface area contributed by atoms with Gasteiger partial charge in [0.1, 0.15) is 0 Å². The van der Waals surface area contributed by atoms with Crippen molar-refractivity contribution >= 4 is 11.4 Å². The molecular weight excluding hydrogens is 238 g/mol. The molecule has 5 heteroatoms. The summed E-state index contributed by atoms with van der Waals surface area (Å²) in [6.45, 7) is 6.32. The van der Waals surface area contributed by atoms with Gasteiger partial charge in [-0.2, -0.15) is 0 Å². The van der Waals surface area contributed by atoms with Crippen LogP contribution in [0.3, 0.4) is 0 Å². The van der Waals surface area contributed by atoms with Crippen LogP contribution in [0.2, 0.25) is 0 Å². The number of fused-ring (bicyclic) bond motifs is 1. The fourth-order valence-corrected chi connectivity index (χ4v) is 1.90. The Morgan fingerprint density at radius 2 is 2.11 bits per heavy atom. The van der Waals surface area contributed by atoms with Gasteiger partial charge in [0, 0.05) is 24.9 Å². The predicted molar refractivity (Wildman–Crippen MR) is 76.7 cm³/mol. The van der Waals surface area contributed by atoms with Crippen LogP contribution in [0.5, 0.6) is 0 Å². The lowest BCUT2D eigenvalue weighted by Crippen LogP contribution is -2.16. The molecule has 2 N–H and O–H groups in total. The summed E-state index contributed by atoms with van der Waals surface area (Å²) in [6.07, 6.45) is 8.76. The van der Waals surface area contributed by atoms with E-state index in [1.54, 1.807) is 31.7 Å². The van der Waals surface area contributed by atoms with Gasteiger partial charge in [-0.05, 0) is 12.3 Å². The fraction of sp³-hybridized carbons (Fsp3) is 0.357. The highest BCUT2D eigenvalue weighted by Gasteiger charge is 2.21. The zero-order chi connectivity index (χ0) is 14.0. The van der Waals surface area contributed by atoms with Crippen molar-refractivity contribution in [3.05, 3.63) is 42.3 Å². The van der Waals surface area contributed by atoms with Crippen molar-refractivity contribution in [3.8, 4) is 0 Å². The maximum absolute atomic E-state index is 8.05. The van der Waals surface area contributed by atoms with Crippen LogP contribution in [0.15, 0.2) is 30.9 Å². The molecule has 2 rings (SSSR count). The molecule has 0 aliphatic heterocycles. The molecule has 100 valence electrons. The van der Waals surface area contributed by atoms with Crippen molar-refractivity contribution in [2.24, 2.45) is 0 Å².